The molecule has 0 aromatic heterocycles. The summed E-state index contributed by atoms with van der Waals surface area (Å²) >= 11 is 0. The summed E-state index contributed by atoms with van der Waals surface area (Å²) in [6, 6.07) is 46.0. The van der Waals surface area contributed by atoms with E-state index in [2.05, 4.69) is 235 Å². The SMILES string of the molecule is Cc1cc(C(C)C)cc(C)c1N(c1ccc(-c2ccc(N(c3ccc(C(C)(C)C)cc3)c3c(C)cc(C(C)(C)C)cc3C)cc2)cc1)c1ccc(C(C)(C)C)cc1. The van der Waals surface area contributed by atoms with Crippen LogP contribution in [0.15, 0.2) is 121 Å². The highest BCUT2D eigenvalue weighted by atomic mass is 15.2. The standard InChI is InChI=1S/C55H66N2/c1-36(2)43-32-37(3)51(38(4)33-43)56(49-28-20-44(21-29-49)53(7,8)9)47-24-16-41(17-25-47)42-18-26-48(27-19-42)57(50-30-22-45(23-31-50)54(10,11)12)52-39(5)34-46(35-40(52)6)55(13,14)15/h16-36H,1-15H3. The van der Waals surface area contributed by atoms with Gasteiger partial charge in [0.15, 0.2) is 0 Å². The van der Waals surface area contributed by atoms with Gasteiger partial charge in [0.05, 0.1) is 11.4 Å². The van der Waals surface area contributed by atoms with Gasteiger partial charge in [-0.05, 0) is 154 Å². The van der Waals surface area contributed by atoms with Crippen LogP contribution in [0.1, 0.15) is 127 Å². The van der Waals surface area contributed by atoms with E-state index in [0.717, 1.165) is 17.1 Å². The van der Waals surface area contributed by atoms with Crippen molar-refractivity contribution in [3.05, 3.63) is 166 Å². The van der Waals surface area contributed by atoms with Crippen molar-refractivity contribution in [3.8, 4) is 11.1 Å². The van der Waals surface area contributed by atoms with E-state index in [0.29, 0.717) is 5.92 Å². The van der Waals surface area contributed by atoms with Crippen LogP contribution in [0.2, 0.25) is 0 Å². The lowest BCUT2D eigenvalue weighted by atomic mass is 9.84. The Labute approximate surface area is 345 Å². The van der Waals surface area contributed by atoms with Gasteiger partial charge in [0.2, 0.25) is 0 Å². The Balaban J connectivity index is 1.40. The molecule has 0 aliphatic rings. The number of nitrogens with zero attached hydrogens (tertiary/aromatic N) is 2. The van der Waals surface area contributed by atoms with Crippen LogP contribution in [0, 0.1) is 27.7 Å². The molecule has 0 bridgehead atoms. The summed E-state index contributed by atoms with van der Waals surface area (Å²) < 4.78 is 0. The molecule has 296 valence electrons. The lowest BCUT2D eigenvalue weighted by molar-refractivity contribution is 0.589. The van der Waals surface area contributed by atoms with Gasteiger partial charge in [-0.1, -0.05) is 149 Å². The summed E-state index contributed by atoms with van der Waals surface area (Å²) in [7, 11) is 0. The lowest BCUT2D eigenvalue weighted by Gasteiger charge is -2.31. The Morgan fingerprint density at radius 3 is 0.877 bits per heavy atom. The van der Waals surface area contributed by atoms with Crippen molar-refractivity contribution in [1.29, 1.82) is 0 Å². The van der Waals surface area contributed by atoms with Crippen LogP contribution < -0.4 is 9.80 Å². The van der Waals surface area contributed by atoms with Crippen molar-refractivity contribution in [2.75, 3.05) is 9.80 Å². The minimum Gasteiger partial charge on any atom is -0.310 e. The maximum Gasteiger partial charge on any atom is 0.0520 e. The molecular weight excluding hydrogens is 689 g/mol. The number of benzene rings is 6. The van der Waals surface area contributed by atoms with Gasteiger partial charge in [0.25, 0.3) is 0 Å². The zero-order valence-electron chi connectivity index (χ0n) is 37.5. The fourth-order valence-electron chi connectivity index (χ4n) is 8.06. The maximum absolute atomic E-state index is 2.44. The van der Waals surface area contributed by atoms with E-state index in [1.165, 1.54) is 72.7 Å². The Morgan fingerprint density at radius 1 is 0.351 bits per heavy atom. The molecule has 0 aliphatic heterocycles. The molecule has 57 heavy (non-hydrogen) atoms. The third kappa shape index (κ3) is 8.91. The molecule has 6 aromatic rings. The molecule has 0 N–H and O–H groups in total. The summed E-state index contributed by atoms with van der Waals surface area (Å²) in [6.45, 7) is 34.1. The Hall–Kier alpha value is -5.08. The van der Waals surface area contributed by atoms with Crippen molar-refractivity contribution in [2.45, 2.75) is 126 Å². The van der Waals surface area contributed by atoms with E-state index in [4.69, 9.17) is 0 Å². The summed E-state index contributed by atoms with van der Waals surface area (Å²) in [6.07, 6.45) is 0. The lowest BCUT2D eigenvalue weighted by Crippen LogP contribution is -2.17. The highest BCUT2D eigenvalue weighted by molar-refractivity contribution is 5.84. The predicted octanol–water partition coefficient (Wildman–Crippen LogP) is 16.5. The van der Waals surface area contributed by atoms with Crippen LogP contribution in [-0.2, 0) is 16.2 Å². The first-order chi connectivity index (χ1) is 26.6. The van der Waals surface area contributed by atoms with Gasteiger partial charge >= 0.3 is 0 Å². The van der Waals surface area contributed by atoms with Gasteiger partial charge in [0, 0.05) is 22.7 Å². The smallest absolute Gasteiger partial charge is 0.0520 e. The first kappa shape index (κ1) is 41.6. The molecule has 0 amide bonds. The van der Waals surface area contributed by atoms with Gasteiger partial charge < -0.3 is 9.80 Å². The largest absolute Gasteiger partial charge is 0.310 e. The van der Waals surface area contributed by atoms with Crippen molar-refractivity contribution in [2.24, 2.45) is 0 Å². The van der Waals surface area contributed by atoms with Gasteiger partial charge in [-0.15, -0.1) is 0 Å². The van der Waals surface area contributed by atoms with Gasteiger partial charge in [-0.25, -0.2) is 0 Å². The highest BCUT2D eigenvalue weighted by Crippen LogP contribution is 2.44. The van der Waals surface area contributed by atoms with E-state index in [9.17, 15) is 0 Å². The minimum absolute atomic E-state index is 0.0778. The molecule has 2 nitrogen and oxygen atoms in total. The molecule has 0 fully saturated rings. The Kier molecular flexibility index (Phi) is 11.4. The molecule has 0 atom stereocenters. The van der Waals surface area contributed by atoms with Crippen molar-refractivity contribution in [1.82, 2.24) is 0 Å². The van der Waals surface area contributed by atoms with E-state index in [-0.39, 0.29) is 16.2 Å². The Bertz CT molecular complexity index is 2270. The quantitative estimate of drug-likeness (QED) is 0.153. The van der Waals surface area contributed by atoms with Crippen molar-refractivity contribution in [3.63, 3.8) is 0 Å². The molecule has 0 spiro atoms. The average Bonchev–Trinajstić information content (AvgIpc) is 3.13. The minimum atomic E-state index is 0.0778. The average molecular weight is 755 g/mol. The molecule has 0 radical (unpaired) electrons. The first-order valence-electron chi connectivity index (χ1n) is 20.9. The van der Waals surface area contributed by atoms with Crippen LogP contribution in [0.4, 0.5) is 34.1 Å². The zero-order valence-corrected chi connectivity index (χ0v) is 37.5. The van der Waals surface area contributed by atoms with Crippen LogP contribution in [-0.4, -0.2) is 0 Å². The van der Waals surface area contributed by atoms with Crippen molar-refractivity contribution >= 4 is 34.1 Å². The van der Waals surface area contributed by atoms with E-state index >= 15 is 0 Å². The predicted molar refractivity (Wildman–Crippen MR) is 250 cm³/mol. The number of rotatable bonds is 8. The van der Waals surface area contributed by atoms with E-state index < -0.39 is 0 Å². The summed E-state index contributed by atoms with van der Waals surface area (Å²) in [5.41, 5.74) is 20.3. The molecule has 0 saturated carbocycles. The molecule has 0 unspecified atom stereocenters. The number of hydrogen-bond acceptors (Lipinski definition) is 2. The first-order valence-corrected chi connectivity index (χ1v) is 20.9. The van der Waals surface area contributed by atoms with Crippen molar-refractivity contribution < 1.29 is 0 Å². The topological polar surface area (TPSA) is 6.48 Å². The van der Waals surface area contributed by atoms with Crippen LogP contribution in [0.5, 0.6) is 0 Å². The highest BCUT2D eigenvalue weighted by Gasteiger charge is 2.24. The molecule has 6 aromatic carbocycles. The Morgan fingerprint density at radius 2 is 0.614 bits per heavy atom. The fourth-order valence-corrected chi connectivity index (χ4v) is 8.06. The number of aryl methyl sites for hydroxylation is 4. The normalized spacial score (nSPS) is 12.3. The third-order valence-corrected chi connectivity index (χ3v) is 11.6. The zero-order chi connectivity index (χ0) is 41.6. The second-order valence-corrected chi connectivity index (χ2v) is 19.7. The maximum atomic E-state index is 2.44. The van der Waals surface area contributed by atoms with Crippen LogP contribution >= 0.6 is 0 Å². The molecule has 0 heterocycles. The molecule has 2 heteroatoms. The van der Waals surface area contributed by atoms with Crippen LogP contribution in [0.25, 0.3) is 11.1 Å². The summed E-state index contributed by atoms with van der Waals surface area (Å²) in [5, 5.41) is 0. The molecular formula is C55H66N2. The fraction of sp³-hybridized carbons (Fsp3) is 0.345. The molecule has 6 rings (SSSR count). The number of anilines is 6. The molecule has 0 saturated heterocycles. The van der Waals surface area contributed by atoms with Crippen LogP contribution in [0.3, 0.4) is 0 Å². The number of hydrogen-bond donors (Lipinski definition) is 0. The van der Waals surface area contributed by atoms with Gasteiger partial charge in [-0.3, -0.25) is 0 Å². The summed E-state index contributed by atoms with van der Waals surface area (Å²) in [4.78, 5) is 4.88. The molecule has 0 aliphatic carbocycles. The second-order valence-electron chi connectivity index (χ2n) is 19.7. The second kappa shape index (κ2) is 15.7. The van der Waals surface area contributed by atoms with E-state index in [1.54, 1.807) is 0 Å². The van der Waals surface area contributed by atoms with Gasteiger partial charge in [0.1, 0.15) is 0 Å². The monoisotopic (exact) mass is 755 g/mol. The van der Waals surface area contributed by atoms with E-state index in [1.807, 2.05) is 0 Å². The van der Waals surface area contributed by atoms with Gasteiger partial charge in [-0.2, -0.15) is 0 Å². The third-order valence-electron chi connectivity index (χ3n) is 11.6. The summed E-state index contributed by atoms with van der Waals surface area (Å²) in [5.74, 6) is 0.477.